The van der Waals surface area contributed by atoms with Crippen LogP contribution in [0.4, 0.5) is 5.69 Å². The molecule has 0 aromatic heterocycles. The van der Waals surface area contributed by atoms with Crippen molar-refractivity contribution in [2.24, 2.45) is 11.8 Å². The highest BCUT2D eigenvalue weighted by Gasteiger charge is 2.35. The molecule has 2 atom stereocenters. The van der Waals surface area contributed by atoms with Crippen LogP contribution in [0.25, 0.3) is 0 Å². The largest absolute Gasteiger partial charge is 0.481 e. The Morgan fingerprint density at radius 3 is 2.80 bits per heavy atom. The predicted molar refractivity (Wildman–Crippen MR) is 84.5 cm³/mol. The molecule has 0 bridgehead atoms. The number of hydrogen-bond acceptors (Lipinski definition) is 3. The minimum Gasteiger partial charge on any atom is -0.481 e. The Morgan fingerprint density at radius 1 is 1.45 bits per heavy atom. The second kappa shape index (κ2) is 6.53. The second-order valence-corrected chi connectivity index (χ2v) is 6.42. The van der Waals surface area contributed by atoms with Crippen molar-refractivity contribution < 1.29 is 14.7 Å². The molecule has 0 unspecified atom stereocenters. The highest BCUT2D eigenvalue weighted by Crippen LogP contribution is 2.22. The van der Waals surface area contributed by atoms with Gasteiger partial charge in [0.05, 0.1) is 12.5 Å². The van der Waals surface area contributed by atoms with E-state index in [1.807, 2.05) is 36.1 Å². The topological polar surface area (TPSA) is 69.6 Å². The number of nitrogens with zero attached hydrogens (tertiary/aromatic N) is 1. The van der Waals surface area contributed by atoms with Crippen molar-refractivity contribution in [1.82, 2.24) is 4.90 Å². The molecule has 108 valence electrons. The van der Waals surface area contributed by atoms with Gasteiger partial charge in [-0.1, -0.05) is 13.0 Å². The lowest BCUT2D eigenvalue weighted by Crippen LogP contribution is -2.32. The molecule has 1 heterocycles. The number of amides is 1. The van der Waals surface area contributed by atoms with Crippen LogP contribution in [0.15, 0.2) is 24.3 Å². The summed E-state index contributed by atoms with van der Waals surface area (Å²) >= 11 is 2.19. The predicted octanol–water partition coefficient (Wildman–Crippen LogP) is 1.88. The lowest BCUT2D eigenvalue weighted by molar-refractivity contribution is -0.142. The molecule has 1 fully saturated rings. The smallest absolute Gasteiger partial charge is 0.308 e. The molecule has 5 nitrogen and oxygen atoms in total. The van der Waals surface area contributed by atoms with E-state index in [-0.39, 0.29) is 24.3 Å². The number of carboxylic acids is 1. The van der Waals surface area contributed by atoms with Crippen molar-refractivity contribution in [3.63, 3.8) is 0 Å². The van der Waals surface area contributed by atoms with Gasteiger partial charge in [0, 0.05) is 22.3 Å². The number of hydrogen-bond donors (Lipinski definition) is 2. The average molecular weight is 388 g/mol. The van der Waals surface area contributed by atoms with Crippen molar-refractivity contribution in [2.75, 3.05) is 25.0 Å². The van der Waals surface area contributed by atoms with Crippen molar-refractivity contribution in [3.05, 3.63) is 27.8 Å². The van der Waals surface area contributed by atoms with Crippen LogP contribution in [-0.2, 0) is 9.59 Å². The maximum absolute atomic E-state index is 12.0. The molecule has 2 N–H and O–H groups in total. The van der Waals surface area contributed by atoms with E-state index in [4.69, 9.17) is 5.11 Å². The van der Waals surface area contributed by atoms with E-state index in [9.17, 15) is 9.59 Å². The molecular formula is C14H17IN2O3. The van der Waals surface area contributed by atoms with Gasteiger partial charge in [0.15, 0.2) is 0 Å². The summed E-state index contributed by atoms with van der Waals surface area (Å²) in [5, 5.41) is 11.9. The van der Waals surface area contributed by atoms with E-state index < -0.39 is 5.97 Å². The summed E-state index contributed by atoms with van der Waals surface area (Å²) in [6, 6.07) is 7.57. The molecule has 1 aromatic rings. The number of benzene rings is 1. The van der Waals surface area contributed by atoms with E-state index in [0.717, 1.165) is 9.26 Å². The van der Waals surface area contributed by atoms with Crippen LogP contribution in [-0.4, -0.2) is 41.5 Å². The fraction of sp³-hybridized carbons (Fsp3) is 0.429. The quantitative estimate of drug-likeness (QED) is 0.773. The Balaban J connectivity index is 1.88. The molecule has 2 rings (SSSR count). The molecule has 0 aliphatic carbocycles. The van der Waals surface area contributed by atoms with E-state index in [0.29, 0.717) is 13.1 Å². The maximum Gasteiger partial charge on any atom is 0.308 e. The van der Waals surface area contributed by atoms with Gasteiger partial charge in [0.2, 0.25) is 5.91 Å². The molecule has 20 heavy (non-hydrogen) atoms. The van der Waals surface area contributed by atoms with Crippen LogP contribution in [0.1, 0.15) is 6.92 Å². The maximum atomic E-state index is 12.0. The minimum absolute atomic E-state index is 0.0815. The first-order chi connectivity index (χ1) is 9.45. The standard InChI is InChI=1S/C14H17IN2O3/c1-9-6-17(7-12(9)14(19)20)8-13(18)16-11-4-2-3-10(15)5-11/h2-5,9,12H,6-8H2,1H3,(H,16,18)(H,19,20)/t9-,12-/m1/s1. The number of carbonyl (C=O) groups excluding carboxylic acids is 1. The minimum atomic E-state index is -0.780. The van der Waals surface area contributed by atoms with Gasteiger partial charge in [0.25, 0.3) is 0 Å². The summed E-state index contributed by atoms with van der Waals surface area (Å²) in [7, 11) is 0. The number of halogens is 1. The Bertz CT molecular complexity index is 521. The highest BCUT2D eigenvalue weighted by molar-refractivity contribution is 14.1. The van der Waals surface area contributed by atoms with E-state index in [1.54, 1.807) is 0 Å². The van der Waals surface area contributed by atoms with Gasteiger partial charge in [-0.05, 0) is 46.7 Å². The lowest BCUT2D eigenvalue weighted by Gasteiger charge is -2.14. The number of likely N-dealkylation sites (tertiary alicyclic amines) is 1. The van der Waals surface area contributed by atoms with Crippen molar-refractivity contribution in [2.45, 2.75) is 6.92 Å². The van der Waals surface area contributed by atoms with Gasteiger partial charge >= 0.3 is 5.97 Å². The zero-order valence-corrected chi connectivity index (χ0v) is 13.3. The first-order valence-corrected chi connectivity index (χ1v) is 7.54. The first kappa shape index (κ1) is 15.2. The molecule has 1 aliphatic heterocycles. The van der Waals surface area contributed by atoms with Gasteiger partial charge in [-0.25, -0.2) is 0 Å². The molecule has 1 aromatic carbocycles. The van der Waals surface area contributed by atoms with Crippen molar-refractivity contribution in [1.29, 1.82) is 0 Å². The number of carbonyl (C=O) groups is 2. The molecule has 0 saturated carbocycles. The Labute approximate surface area is 131 Å². The highest BCUT2D eigenvalue weighted by atomic mass is 127. The van der Waals surface area contributed by atoms with Crippen LogP contribution >= 0.6 is 22.6 Å². The van der Waals surface area contributed by atoms with Crippen molar-refractivity contribution in [3.8, 4) is 0 Å². The molecule has 0 radical (unpaired) electrons. The molecular weight excluding hydrogens is 371 g/mol. The third kappa shape index (κ3) is 3.92. The summed E-state index contributed by atoms with van der Waals surface area (Å²) < 4.78 is 1.06. The van der Waals surface area contributed by atoms with Gasteiger partial charge in [-0.3, -0.25) is 14.5 Å². The number of rotatable bonds is 4. The summed E-state index contributed by atoms with van der Waals surface area (Å²) in [5.41, 5.74) is 0.768. The van der Waals surface area contributed by atoms with E-state index in [2.05, 4.69) is 27.9 Å². The van der Waals surface area contributed by atoms with Crippen LogP contribution in [0.2, 0.25) is 0 Å². The Morgan fingerprint density at radius 2 is 2.20 bits per heavy atom. The van der Waals surface area contributed by atoms with E-state index >= 15 is 0 Å². The molecule has 0 spiro atoms. The number of aliphatic carboxylic acids is 1. The zero-order chi connectivity index (χ0) is 14.7. The van der Waals surface area contributed by atoms with Crippen LogP contribution < -0.4 is 5.32 Å². The van der Waals surface area contributed by atoms with Crippen LogP contribution in [0.3, 0.4) is 0 Å². The molecule has 1 saturated heterocycles. The summed E-state index contributed by atoms with van der Waals surface area (Å²) in [5.74, 6) is -1.18. The van der Waals surface area contributed by atoms with Gasteiger partial charge < -0.3 is 10.4 Å². The normalized spacial score (nSPS) is 22.7. The average Bonchev–Trinajstić information content (AvgIpc) is 2.70. The van der Waals surface area contributed by atoms with Crippen LogP contribution in [0, 0.1) is 15.4 Å². The van der Waals surface area contributed by atoms with Crippen molar-refractivity contribution >= 4 is 40.2 Å². The van der Waals surface area contributed by atoms with E-state index in [1.165, 1.54) is 0 Å². The third-order valence-corrected chi connectivity index (χ3v) is 4.15. The Kier molecular flexibility index (Phi) is 4.98. The Hall–Kier alpha value is -1.15. The van der Waals surface area contributed by atoms with Gasteiger partial charge in [0.1, 0.15) is 0 Å². The van der Waals surface area contributed by atoms with Crippen LogP contribution in [0.5, 0.6) is 0 Å². The van der Waals surface area contributed by atoms with Gasteiger partial charge in [-0.2, -0.15) is 0 Å². The SMILES string of the molecule is C[C@@H]1CN(CC(=O)Nc2cccc(I)c2)C[C@H]1C(=O)O. The summed E-state index contributed by atoms with van der Waals surface area (Å²) in [4.78, 5) is 24.9. The lowest BCUT2D eigenvalue weighted by atomic mass is 9.99. The first-order valence-electron chi connectivity index (χ1n) is 6.46. The summed E-state index contributed by atoms with van der Waals surface area (Å²) in [6.45, 7) is 3.24. The molecule has 1 aliphatic rings. The van der Waals surface area contributed by atoms with Gasteiger partial charge in [-0.15, -0.1) is 0 Å². The fourth-order valence-corrected chi connectivity index (χ4v) is 3.03. The number of anilines is 1. The number of carboxylic acid groups (broad SMARTS) is 1. The second-order valence-electron chi connectivity index (χ2n) is 5.17. The third-order valence-electron chi connectivity index (χ3n) is 3.48. The molecule has 6 heteroatoms. The number of nitrogens with one attached hydrogen (secondary N) is 1. The summed E-state index contributed by atoms with van der Waals surface area (Å²) in [6.07, 6.45) is 0. The zero-order valence-electron chi connectivity index (χ0n) is 11.2. The fourth-order valence-electron chi connectivity index (χ4n) is 2.49. The monoisotopic (exact) mass is 388 g/mol. The molecule has 1 amide bonds.